The molecule has 1 heterocycles. The van der Waals surface area contributed by atoms with Crippen molar-refractivity contribution in [3.63, 3.8) is 0 Å². The van der Waals surface area contributed by atoms with Crippen LogP contribution in [0.1, 0.15) is 26.2 Å². The normalized spacial score (nSPS) is 11.9. The average Bonchev–Trinajstić information content (AvgIpc) is 2.97. The Kier molecular flexibility index (Phi) is 5.66. The van der Waals surface area contributed by atoms with Gasteiger partial charge in [0.25, 0.3) is 0 Å². The summed E-state index contributed by atoms with van der Waals surface area (Å²) >= 11 is 1.36. The van der Waals surface area contributed by atoms with Gasteiger partial charge in [0.05, 0.1) is 11.6 Å². The number of hydrogen-bond donors (Lipinski definition) is 2. The molecule has 116 valence electrons. The third kappa shape index (κ3) is 4.39. The van der Waals surface area contributed by atoms with E-state index in [0.717, 1.165) is 11.3 Å². The van der Waals surface area contributed by atoms with Crippen LogP contribution >= 0.6 is 11.3 Å². The highest BCUT2D eigenvalue weighted by atomic mass is 32.1. The van der Waals surface area contributed by atoms with Crippen LogP contribution in [0.25, 0.3) is 11.3 Å². The second-order valence-corrected chi connectivity index (χ2v) is 5.79. The molecule has 5 nitrogen and oxygen atoms in total. The second kappa shape index (κ2) is 7.70. The molecule has 1 aromatic heterocycles. The van der Waals surface area contributed by atoms with Crippen molar-refractivity contribution in [2.24, 2.45) is 5.92 Å². The number of rotatable bonds is 7. The Bertz CT molecular complexity index is 640. The van der Waals surface area contributed by atoms with E-state index in [1.165, 1.54) is 11.3 Å². The van der Waals surface area contributed by atoms with Gasteiger partial charge in [0.1, 0.15) is 0 Å². The highest BCUT2D eigenvalue weighted by molar-refractivity contribution is 7.14. The lowest BCUT2D eigenvalue weighted by molar-refractivity contribution is -0.142. The zero-order chi connectivity index (χ0) is 15.9. The van der Waals surface area contributed by atoms with Crippen molar-refractivity contribution in [1.82, 2.24) is 4.98 Å². The highest BCUT2D eigenvalue weighted by Crippen LogP contribution is 2.24. The van der Waals surface area contributed by atoms with Crippen molar-refractivity contribution in [3.8, 4) is 11.3 Å². The molecule has 0 unspecified atom stereocenters. The number of anilines is 1. The minimum Gasteiger partial charge on any atom is -0.481 e. The van der Waals surface area contributed by atoms with Crippen LogP contribution in [-0.4, -0.2) is 22.0 Å². The second-order valence-electron chi connectivity index (χ2n) is 4.93. The summed E-state index contributed by atoms with van der Waals surface area (Å²) in [5, 5.41) is 14.1. The Morgan fingerprint density at radius 2 is 2.05 bits per heavy atom. The van der Waals surface area contributed by atoms with Crippen molar-refractivity contribution in [3.05, 3.63) is 35.7 Å². The molecule has 22 heavy (non-hydrogen) atoms. The van der Waals surface area contributed by atoms with Gasteiger partial charge in [0, 0.05) is 17.4 Å². The van der Waals surface area contributed by atoms with E-state index in [1.807, 2.05) is 42.6 Å². The number of thiazole rings is 1. The van der Waals surface area contributed by atoms with E-state index in [0.29, 0.717) is 18.0 Å². The van der Waals surface area contributed by atoms with Crippen molar-refractivity contribution >= 4 is 28.3 Å². The van der Waals surface area contributed by atoms with E-state index >= 15 is 0 Å². The third-order valence-corrected chi connectivity index (χ3v) is 4.14. The monoisotopic (exact) mass is 318 g/mol. The number of hydrogen-bond acceptors (Lipinski definition) is 4. The first-order valence-electron chi connectivity index (χ1n) is 7.13. The summed E-state index contributed by atoms with van der Waals surface area (Å²) in [6, 6.07) is 9.72. The van der Waals surface area contributed by atoms with E-state index in [2.05, 4.69) is 10.3 Å². The minimum atomic E-state index is -0.851. The van der Waals surface area contributed by atoms with Crippen molar-refractivity contribution in [1.29, 1.82) is 0 Å². The van der Waals surface area contributed by atoms with Gasteiger partial charge in [-0.25, -0.2) is 4.98 Å². The number of aliphatic carboxylic acids is 1. The first kappa shape index (κ1) is 16.2. The van der Waals surface area contributed by atoms with Gasteiger partial charge in [-0.15, -0.1) is 11.3 Å². The van der Waals surface area contributed by atoms with Gasteiger partial charge in [-0.05, 0) is 12.8 Å². The molecule has 0 aliphatic heterocycles. The predicted molar refractivity (Wildman–Crippen MR) is 86.8 cm³/mol. The molecule has 2 rings (SSSR count). The number of benzene rings is 1. The summed E-state index contributed by atoms with van der Waals surface area (Å²) in [5.74, 6) is -1.52. The number of carbonyl (C=O) groups is 2. The smallest absolute Gasteiger partial charge is 0.306 e. The zero-order valence-electron chi connectivity index (χ0n) is 12.3. The van der Waals surface area contributed by atoms with Crippen LogP contribution in [0, 0.1) is 5.92 Å². The van der Waals surface area contributed by atoms with Crippen LogP contribution in [0.3, 0.4) is 0 Å². The van der Waals surface area contributed by atoms with Crippen LogP contribution in [0.5, 0.6) is 0 Å². The van der Waals surface area contributed by atoms with Crippen molar-refractivity contribution in [2.45, 2.75) is 26.2 Å². The minimum absolute atomic E-state index is 0.186. The molecule has 2 N–H and O–H groups in total. The molecule has 0 bridgehead atoms. The standard InChI is InChI=1S/C16H18N2O3S/c1-2-11(15(20)21)8-9-14(19)18-16-17-13(10-22-16)12-6-4-3-5-7-12/h3-7,10-11H,2,8-9H2,1H3,(H,20,21)(H,17,18,19)/t11-/m1/s1. The SMILES string of the molecule is CC[C@H](CCC(=O)Nc1nc(-c2ccccc2)cs1)C(=O)O. The van der Waals surface area contributed by atoms with E-state index in [-0.39, 0.29) is 12.3 Å². The fourth-order valence-corrected chi connectivity index (χ4v) is 2.80. The number of amides is 1. The number of carboxylic acids is 1. The molecule has 2 aromatic rings. The highest BCUT2D eigenvalue weighted by Gasteiger charge is 2.17. The summed E-state index contributed by atoms with van der Waals surface area (Å²) in [6.07, 6.45) is 1.05. The zero-order valence-corrected chi connectivity index (χ0v) is 13.1. The average molecular weight is 318 g/mol. The number of nitrogens with zero attached hydrogens (tertiary/aromatic N) is 1. The number of nitrogens with one attached hydrogen (secondary N) is 1. The molecular formula is C16H18N2O3S. The fourth-order valence-electron chi connectivity index (χ4n) is 2.06. The molecule has 0 radical (unpaired) electrons. The molecule has 0 fully saturated rings. The Morgan fingerprint density at radius 1 is 1.32 bits per heavy atom. The molecule has 6 heteroatoms. The maximum Gasteiger partial charge on any atom is 0.306 e. The number of aromatic nitrogens is 1. The Labute approximate surface area is 133 Å². The van der Waals surface area contributed by atoms with Crippen LogP contribution in [0.2, 0.25) is 0 Å². The first-order valence-corrected chi connectivity index (χ1v) is 8.01. The Hall–Kier alpha value is -2.21. The van der Waals surface area contributed by atoms with Crippen molar-refractivity contribution in [2.75, 3.05) is 5.32 Å². The van der Waals surface area contributed by atoms with E-state index in [4.69, 9.17) is 5.11 Å². The molecule has 1 atom stereocenters. The molecule has 0 spiro atoms. The molecule has 0 saturated heterocycles. The van der Waals surface area contributed by atoms with Crippen LogP contribution in [0.4, 0.5) is 5.13 Å². The van der Waals surface area contributed by atoms with Crippen LogP contribution in [-0.2, 0) is 9.59 Å². The lowest BCUT2D eigenvalue weighted by Gasteiger charge is -2.08. The topological polar surface area (TPSA) is 79.3 Å². The van der Waals surface area contributed by atoms with E-state index < -0.39 is 11.9 Å². The molecule has 0 saturated carbocycles. The van der Waals surface area contributed by atoms with Gasteiger partial charge >= 0.3 is 5.97 Å². The molecule has 1 aromatic carbocycles. The van der Waals surface area contributed by atoms with Gasteiger partial charge in [-0.2, -0.15) is 0 Å². The third-order valence-electron chi connectivity index (χ3n) is 3.38. The lowest BCUT2D eigenvalue weighted by Crippen LogP contribution is -2.17. The van der Waals surface area contributed by atoms with Crippen LogP contribution in [0.15, 0.2) is 35.7 Å². The summed E-state index contributed by atoms with van der Waals surface area (Å²) in [7, 11) is 0. The van der Waals surface area contributed by atoms with Gasteiger partial charge < -0.3 is 10.4 Å². The quantitative estimate of drug-likeness (QED) is 0.817. The summed E-state index contributed by atoms with van der Waals surface area (Å²) in [5.41, 5.74) is 1.81. The lowest BCUT2D eigenvalue weighted by atomic mass is 10.0. The van der Waals surface area contributed by atoms with Crippen LogP contribution < -0.4 is 5.32 Å². The molecule has 0 aliphatic rings. The summed E-state index contributed by atoms with van der Waals surface area (Å²) in [4.78, 5) is 27.2. The van der Waals surface area contributed by atoms with Gasteiger partial charge in [0.15, 0.2) is 5.13 Å². The molecule has 1 amide bonds. The van der Waals surface area contributed by atoms with Gasteiger partial charge in [-0.1, -0.05) is 37.3 Å². The Balaban J connectivity index is 1.90. The molecular weight excluding hydrogens is 300 g/mol. The summed E-state index contributed by atoms with van der Waals surface area (Å²) < 4.78 is 0. The van der Waals surface area contributed by atoms with E-state index in [9.17, 15) is 9.59 Å². The maximum atomic E-state index is 11.9. The molecule has 0 aliphatic carbocycles. The number of carbonyl (C=O) groups excluding carboxylic acids is 1. The summed E-state index contributed by atoms with van der Waals surface area (Å²) in [6.45, 7) is 1.81. The van der Waals surface area contributed by atoms with Gasteiger partial charge in [-0.3, -0.25) is 9.59 Å². The predicted octanol–water partition coefficient (Wildman–Crippen LogP) is 3.64. The Morgan fingerprint density at radius 3 is 2.68 bits per heavy atom. The van der Waals surface area contributed by atoms with Gasteiger partial charge in [0.2, 0.25) is 5.91 Å². The first-order chi connectivity index (χ1) is 10.6. The fraction of sp³-hybridized carbons (Fsp3) is 0.312. The maximum absolute atomic E-state index is 11.9. The number of carboxylic acid groups (broad SMARTS) is 1. The van der Waals surface area contributed by atoms with E-state index in [1.54, 1.807) is 0 Å². The van der Waals surface area contributed by atoms with Crippen molar-refractivity contribution < 1.29 is 14.7 Å². The largest absolute Gasteiger partial charge is 0.481 e.